The third-order valence-corrected chi connectivity index (χ3v) is 3.59. The monoisotopic (exact) mass is 267 g/mol. The third-order valence-electron chi connectivity index (χ3n) is 3.59. The number of ether oxygens (including phenoxy) is 1. The van der Waals surface area contributed by atoms with Crippen molar-refractivity contribution in [1.82, 2.24) is 4.90 Å². The maximum atomic E-state index is 12.6. The molecule has 1 aliphatic rings. The number of hydrogen-bond acceptors (Lipinski definition) is 4. The molecule has 2 heterocycles. The lowest BCUT2D eigenvalue weighted by atomic mass is 10.1. The van der Waals surface area contributed by atoms with Gasteiger partial charge >= 0.3 is 0 Å². The number of amides is 1. The molecular weight excluding hydrogens is 246 g/mol. The molecule has 0 spiro atoms. The molecule has 1 amide bonds. The molecule has 2 atom stereocenters. The number of aliphatic hydroxyl groups excluding tert-OH is 1. The summed E-state index contributed by atoms with van der Waals surface area (Å²) in [7, 11) is 0. The van der Waals surface area contributed by atoms with Crippen LogP contribution in [0.25, 0.3) is 0 Å². The van der Waals surface area contributed by atoms with Gasteiger partial charge in [0.2, 0.25) is 0 Å². The average Bonchev–Trinajstić information content (AvgIpc) is 2.61. The Morgan fingerprint density at radius 3 is 2.53 bits per heavy atom. The van der Waals surface area contributed by atoms with Crippen LogP contribution < -0.4 is 0 Å². The van der Waals surface area contributed by atoms with Gasteiger partial charge in [-0.3, -0.25) is 4.79 Å². The lowest BCUT2D eigenvalue weighted by Crippen LogP contribution is -2.50. The van der Waals surface area contributed by atoms with Crippen molar-refractivity contribution in [2.24, 2.45) is 0 Å². The molecule has 1 aromatic heterocycles. The van der Waals surface area contributed by atoms with Gasteiger partial charge in [0, 0.05) is 18.7 Å². The van der Waals surface area contributed by atoms with Gasteiger partial charge in [-0.15, -0.1) is 0 Å². The van der Waals surface area contributed by atoms with Gasteiger partial charge in [0.05, 0.1) is 24.4 Å². The number of carbonyl (C=O) groups excluding carboxylic acids is 1. The molecule has 0 bridgehead atoms. The van der Waals surface area contributed by atoms with E-state index in [0.717, 1.165) is 11.3 Å². The number of aliphatic hydroxyl groups is 1. The smallest absolute Gasteiger partial charge is 0.257 e. The van der Waals surface area contributed by atoms with Crippen molar-refractivity contribution in [2.45, 2.75) is 39.9 Å². The van der Waals surface area contributed by atoms with Gasteiger partial charge in [-0.25, -0.2) is 0 Å². The van der Waals surface area contributed by atoms with Gasteiger partial charge in [-0.2, -0.15) is 0 Å². The Morgan fingerprint density at radius 2 is 2.00 bits per heavy atom. The summed E-state index contributed by atoms with van der Waals surface area (Å²) in [5, 5.41) is 9.21. The Kier molecular flexibility index (Phi) is 3.96. The highest BCUT2D eigenvalue weighted by Gasteiger charge is 2.31. The zero-order valence-electron chi connectivity index (χ0n) is 11.9. The summed E-state index contributed by atoms with van der Waals surface area (Å²) in [4.78, 5) is 14.3. The van der Waals surface area contributed by atoms with E-state index in [-0.39, 0.29) is 24.7 Å². The highest BCUT2D eigenvalue weighted by Crippen LogP contribution is 2.24. The molecule has 5 nitrogen and oxygen atoms in total. The largest absolute Gasteiger partial charge is 0.466 e. The molecule has 1 aromatic rings. The van der Waals surface area contributed by atoms with Crippen LogP contribution in [0, 0.1) is 20.8 Å². The Bertz CT molecular complexity index is 480. The van der Waals surface area contributed by atoms with E-state index in [4.69, 9.17) is 9.15 Å². The van der Waals surface area contributed by atoms with Crippen molar-refractivity contribution in [3.8, 4) is 0 Å². The first-order chi connectivity index (χ1) is 8.93. The predicted octanol–water partition coefficient (Wildman–Crippen LogP) is 1.43. The number of hydrogen-bond donors (Lipinski definition) is 1. The van der Waals surface area contributed by atoms with Crippen LogP contribution in [0.4, 0.5) is 0 Å². The molecule has 1 aliphatic heterocycles. The molecule has 0 aliphatic carbocycles. The molecular formula is C14H21NO4. The van der Waals surface area contributed by atoms with E-state index in [1.165, 1.54) is 0 Å². The van der Waals surface area contributed by atoms with Crippen LogP contribution in [0.1, 0.15) is 34.4 Å². The van der Waals surface area contributed by atoms with E-state index < -0.39 is 0 Å². The van der Waals surface area contributed by atoms with Crippen molar-refractivity contribution in [3.63, 3.8) is 0 Å². The molecule has 0 aromatic carbocycles. The van der Waals surface area contributed by atoms with Crippen molar-refractivity contribution in [3.05, 3.63) is 22.6 Å². The van der Waals surface area contributed by atoms with Gasteiger partial charge in [-0.05, 0) is 27.7 Å². The Balaban J connectivity index is 2.23. The van der Waals surface area contributed by atoms with Crippen LogP contribution in [-0.4, -0.2) is 47.8 Å². The van der Waals surface area contributed by atoms with Crippen LogP contribution >= 0.6 is 0 Å². The topological polar surface area (TPSA) is 62.9 Å². The van der Waals surface area contributed by atoms with Gasteiger partial charge in [0.15, 0.2) is 0 Å². The minimum Gasteiger partial charge on any atom is -0.466 e. The predicted molar refractivity (Wildman–Crippen MR) is 70.2 cm³/mol. The maximum Gasteiger partial charge on any atom is 0.257 e. The molecule has 0 saturated carbocycles. The van der Waals surface area contributed by atoms with Crippen LogP contribution in [0.5, 0.6) is 0 Å². The minimum atomic E-state index is -0.304. The molecule has 0 radical (unpaired) electrons. The fraction of sp³-hybridized carbons (Fsp3) is 0.643. The normalized spacial score (nSPS) is 23.7. The zero-order valence-corrected chi connectivity index (χ0v) is 11.9. The van der Waals surface area contributed by atoms with Crippen molar-refractivity contribution >= 4 is 5.91 Å². The number of morpholine rings is 1. The van der Waals surface area contributed by atoms with E-state index in [2.05, 4.69) is 0 Å². The van der Waals surface area contributed by atoms with Gasteiger partial charge in [0.1, 0.15) is 11.5 Å². The summed E-state index contributed by atoms with van der Waals surface area (Å²) < 4.78 is 11.1. The Morgan fingerprint density at radius 1 is 1.32 bits per heavy atom. The highest BCUT2D eigenvalue weighted by atomic mass is 16.5. The number of carbonyl (C=O) groups is 1. The third kappa shape index (κ3) is 2.67. The molecule has 106 valence electrons. The summed E-state index contributed by atoms with van der Waals surface area (Å²) in [6.45, 7) is 8.35. The lowest BCUT2D eigenvalue weighted by Gasteiger charge is -2.36. The van der Waals surface area contributed by atoms with Crippen LogP contribution in [-0.2, 0) is 4.74 Å². The molecule has 1 fully saturated rings. The van der Waals surface area contributed by atoms with Gasteiger partial charge < -0.3 is 19.2 Å². The first kappa shape index (κ1) is 14.1. The molecule has 19 heavy (non-hydrogen) atoms. The van der Waals surface area contributed by atoms with E-state index in [1.807, 2.05) is 20.8 Å². The number of nitrogens with zero attached hydrogens (tertiary/aromatic N) is 1. The van der Waals surface area contributed by atoms with E-state index in [0.29, 0.717) is 24.4 Å². The molecule has 2 unspecified atom stereocenters. The number of aryl methyl sites for hydroxylation is 2. The van der Waals surface area contributed by atoms with Crippen LogP contribution in [0.3, 0.4) is 0 Å². The second-order valence-electron chi connectivity index (χ2n) is 5.18. The molecule has 1 N–H and O–H groups in total. The maximum absolute atomic E-state index is 12.6. The van der Waals surface area contributed by atoms with Crippen molar-refractivity contribution in [2.75, 3.05) is 19.7 Å². The van der Waals surface area contributed by atoms with Crippen molar-refractivity contribution < 1.29 is 19.1 Å². The second kappa shape index (κ2) is 5.35. The fourth-order valence-corrected chi connectivity index (χ4v) is 2.58. The quantitative estimate of drug-likeness (QED) is 0.880. The van der Waals surface area contributed by atoms with Gasteiger partial charge in [0.25, 0.3) is 5.91 Å². The SMILES string of the molecule is Cc1oc(C)c(C(=O)N2CC(C)OC(CO)C2)c1C. The Labute approximate surface area is 113 Å². The number of rotatable bonds is 2. The lowest BCUT2D eigenvalue weighted by molar-refractivity contribution is -0.0859. The standard InChI is InChI=1S/C14H21NO4/c1-8-5-15(6-12(7-16)18-8)14(17)13-9(2)10(3)19-11(13)4/h8,12,16H,5-7H2,1-4H3. The first-order valence-corrected chi connectivity index (χ1v) is 6.56. The van der Waals surface area contributed by atoms with Crippen LogP contribution in [0.2, 0.25) is 0 Å². The van der Waals surface area contributed by atoms with Crippen LogP contribution in [0.15, 0.2) is 4.42 Å². The second-order valence-corrected chi connectivity index (χ2v) is 5.18. The van der Waals surface area contributed by atoms with E-state index in [9.17, 15) is 9.90 Å². The van der Waals surface area contributed by atoms with E-state index >= 15 is 0 Å². The average molecular weight is 267 g/mol. The summed E-state index contributed by atoms with van der Waals surface area (Å²) in [6.07, 6.45) is -0.371. The van der Waals surface area contributed by atoms with Gasteiger partial charge in [-0.1, -0.05) is 0 Å². The van der Waals surface area contributed by atoms with E-state index in [1.54, 1.807) is 11.8 Å². The zero-order chi connectivity index (χ0) is 14.2. The highest BCUT2D eigenvalue weighted by molar-refractivity contribution is 5.97. The molecule has 2 rings (SSSR count). The molecule has 5 heteroatoms. The first-order valence-electron chi connectivity index (χ1n) is 6.56. The summed E-state index contributed by atoms with van der Waals surface area (Å²) in [6, 6.07) is 0. The summed E-state index contributed by atoms with van der Waals surface area (Å²) in [5.74, 6) is 1.39. The Hall–Kier alpha value is -1.33. The van der Waals surface area contributed by atoms with Crippen molar-refractivity contribution in [1.29, 1.82) is 0 Å². The fourth-order valence-electron chi connectivity index (χ4n) is 2.58. The molecule has 1 saturated heterocycles. The summed E-state index contributed by atoms with van der Waals surface area (Å²) >= 11 is 0. The number of furan rings is 1. The summed E-state index contributed by atoms with van der Waals surface area (Å²) in [5.41, 5.74) is 1.53. The minimum absolute atomic E-state index is 0.0412.